The van der Waals surface area contributed by atoms with Gasteiger partial charge in [-0.2, -0.15) is 0 Å². The van der Waals surface area contributed by atoms with Crippen LogP contribution in [0, 0.1) is 6.92 Å². The van der Waals surface area contributed by atoms with Crippen molar-refractivity contribution >= 4 is 38.2 Å². The van der Waals surface area contributed by atoms with Crippen molar-refractivity contribution in [1.29, 1.82) is 0 Å². The van der Waals surface area contributed by atoms with Crippen molar-refractivity contribution in [2.24, 2.45) is 0 Å². The minimum Gasteiger partial charge on any atom is -0.497 e. The maximum atomic E-state index is 12.9. The third kappa shape index (κ3) is 3.55. The predicted octanol–water partition coefficient (Wildman–Crippen LogP) is 3.45. The molecule has 0 saturated heterocycles. The van der Waals surface area contributed by atoms with Crippen molar-refractivity contribution in [3.63, 3.8) is 0 Å². The highest BCUT2D eigenvalue weighted by molar-refractivity contribution is 7.92. The van der Waals surface area contributed by atoms with E-state index >= 15 is 0 Å². The number of hydrogen-bond acceptors (Lipinski definition) is 4. The van der Waals surface area contributed by atoms with Gasteiger partial charge in [0.2, 0.25) is 10.0 Å². The minimum atomic E-state index is -3.36. The number of nitrogens with zero attached hydrogens (tertiary/aromatic N) is 1. The van der Waals surface area contributed by atoms with Crippen LogP contribution in [0.1, 0.15) is 28.0 Å². The summed E-state index contributed by atoms with van der Waals surface area (Å²) in [5, 5.41) is 3.81. The molecule has 2 heterocycles. The fourth-order valence-electron chi connectivity index (χ4n) is 3.82. The van der Waals surface area contributed by atoms with Crippen molar-refractivity contribution in [3.05, 3.63) is 53.2 Å². The lowest BCUT2D eigenvalue weighted by atomic mass is 10.0. The van der Waals surface area contributed by atoms with Gasteiger partial charge in [0.25, 0.3) is 5.91 Å². The van der Waals surface area contributed by atoms with Crippen molar-refractivity contribution in [3.8, 4) is 5.75 Å². The fourth-order valence-corrected chi connectivity index (χ4v) is 4.80. The number of hydrogen-bond donors (Lipinski definition) is 2. The number of H-pyrrole nitrogens is 1. The molecule has 0 aliphatic carbocycles. The summed E-state index contributed by atoms with van der Waals surface area (Å²) in [5.74, 6) is 0.446. The van der Waals surface area contributed by atoms with E-state index in [2.05, 4.69) is 10.3 Å². The van der Waals surface area contributed by atoms with Gasteiger partial charge in [0.1, 0.15) is 11.4 Å². The average molecular weight is 413 g/mol. The van der Waals surface area contributed by atoms with Gasteiger partial charge < -0.3 is 15.0 Å². The van der Waals surface area contributed by atoms with Crippen molar-refractivity contribution in [2.45, 2.75) is 19.8 Å². The van der Waals surface area contributed by atoms with Gasteiger partial charge in [0, 0.05) is 23.1 Å². The van der Waals surface area contributed by atoms with Crippen LogP contribution in [-0.2, 0) is 16.4 Å². The second-order valence-electron chi connectivity index (χ2n) is 7.27. The summed E-state index contributed by atoms with van der Waals surface area (Å²) in [6, 6.07) is 11.0. The second-order valence-corrected chi connectivity index (χ2v) is 9.18. The Morgan fingerprint density at radius 2 is 2.00 bits per heavy atom. The summed E-state index contributed by atoms with van der Waals surface area (Å²) in [4.78, 5) is 16.1. The summed E-state index contributed by atoms with van der Waals surface area (Å²) in [6.07, 6.45) is 2.80. The Bertz CT molecular complexity index is 1210. The Morgan fingerprint density at radius 3 is 2.72 bits per heavy atom. The molecule has 1 amide bonds. The summed E-state index contributed by atoms with van der Waals surface area (Å²) in [7, 11) is -1.76. The molecule has 152 valence electrons. The van der Waals surface area contributed by atoms with E-state index in [1.165, 1.54) is 10.6 Å². The standard InChI is InChI=1S/C21H23N3O4S/c1-13-17-12-16(28-2)8-9-18(17)23-20(13)21(25)22-15-7-6-14-5-4-10-24(19(14)11-15)29(3,26)27/h6-9,11-12,23H,4-5,10H2,1-3H3,(H,22,25). The Kier molecular flexibility index (Phi) is 4.74. The third-order valence-electron chi connectivity index (χ3n) is 5.31. The van der Waals surface area contributed by atoms with E-state index in [-0.39, 0.29) is 5.91 Å². The molecule has 1 aliphatic heterocycles. The van der Waals surface area contributed by atoms with Gasteiger partial charge in [-0.3, -0.25) is 9.10 Å². The lowest BCUT2D eigenvalue weighted by Crippen LogP contribution is -2.34. The predicted molar refractivity (Wildman–Crippen MR) is 114 cm³/mol. The van der Waals surface area contributed by atoms with Gasteiger partial charge in [-0.05, 0) is 61.2 Å². The lowest BCUT2D eigenvalue weighted by Gasteiger charge is -2.29. The highest BCUT2D eigenvalue weighted by Gasteiger charge is 2.24. The van der Waals surface area contributed by atoms with Crippen molar-refractivity contribution < 1.29 is 17.9 Å². The molecule has 0 spiro atoms. The molecule has 8 heteroatoms. The number of aromatic amines is 1. The van der Waals surface area contributed by atoms with E-state index in [1.807, 2.05) is 37.3 Å². The van der Waals surface area contributed by atoms with E-state index in [1.54, 1.807) is 13.2 Å². The van der Waals surface area contributed by atoms with Gasteiger partial charge in [0.15, 0.2) is 0 Å². The molecular formula is C21H23N3O4S. The Balaban J connectivity index is 1.66. The van der Waals surface area contributed by atoms with E-state index in [0.29, 0.717) is 23.6 Å². The molecule has 2 N–H and O–H groups in total. The zero-order valence-corrected chi connectivity index (χ0v) is 17.4. The largest absolute Gasteiger partial charge is 0.497 e. The minimum absolute atomic E-state index is 0.278. The van der Waals surface area contributed by atoms with Crippen LogP contribution >= 0.6 is 0 Å². The van der Waals surface area contributed by atoms with Gasteiger partial charge in [-0.15, -0.1) is 0 Å². The highest BCUT2D eigenvalue weighted by Crippen LogP contribution is 2.32. The van der Waals surface area contributed by atoms with Crippen LogP contribution in [0.25, 0.3) is 10.9 Å². The van der Waals surface area contributed by atoms with Crippen LogP contribution in [0.3, 0.4) is 0 Å². The van der Waals surface area contributed by atoms with Crippen LogP contribution in [0.15, 0.2) is 36.4 Å². The highest BCUT2D eigenvalue weighted by atomic mass is 32.2. The molecule has 0 bridgehead atoms. The summed E-state index contributed by atoms with van der Waals surface area (Å²) in [5.41, 5.74) is 4.29. The van der Waals surface area contributed by atoms with Gasteiger partial charge in [-0.25, -0.2) is 8.42 Å². The maximum absolute atomic E-state index is 12.9. The van der Waals surface area contributed by atoms with Crippen LogP contribution in [0.2, 0.25) is 0 Å². The van der Waals surface area contributed by atoms with Crippen LogP contribution in [0.5, 0.6) is 5.75 Å². The molecule has 0 unspecified atom stereocenters. The molecular weight excluding hydrogens is 390 g/mol. The van der Waals surface area contributed by atoms with Crippen molar-refractivity contribution in [2.75, 3.05) is 29.5 Å². The molecule has 7 nitrogen and oxygen atoms in total. The number of nitrogens with one attached hydrogen (secondary N) is 2. The van der Waals surface area contributed by atoms with Gasteiger partial charge in [0.05, 0.1) is 19.1 Å². The molecule has 1 aliphatic rings. The number of ether oxygens (including phenoxy) is 1. The molecule has 29 heavy (non-hydrogen) atoms. The first-order valence-electron chi connectivity index (χ1n) is 9.36. The monoisotopic (exact) mass is 413 g/mol. The smallest absolute Gasteiger partial charge is 0.272 e. The molecule has 4 rings (SSSR count). The van der Waals surface area contributed by atoms with E-state index in [9.17, 15) is 13.2 Å². The molecule has 0 saturated carbocycles. The Hall–Kier alpha value is -3.00. The number of rotatable bonds is 4. The zero-order chi connectivity index (χ0) is 20.8. The summed E-state index contributed by atoms with van der Waals surface area (Å²) >= 11 is 0. The molecule has 0 fully saturated rings. The zero-order valence-electron chi connectivity index (χ0n) is 16.6. The molecule has 3 aromatic rings. The molecule has 1 aromatic heterocycles. The fraction of sp³-hybridized carbons (Fsp3) is 0.286. The van der Waals surface area contributed by atoms with Crippen LogP contribution in [0.4, 0.5) is 11.4 Å². The van der Waals surface area contributed by atoms with Crippen LogP contribution < -0.4 is 14.4 Å². The average Bonchev–Trinajstić information content (AvgIpc) is 3.02. The third-order valence-corrected chi connectivity index (χ3v) is 6.49. The number of carbonyl (C=O) groups excluding carboxylic acids is 1. The number of anilines is 2. The number of carbonyl (C=O) groups is 1. The number of aryl methyl sites for hydroxylation is 2. The summed E-state index contributed by atoms with van der Waals surface area (Å²) in [6.45, 7) is 2.33. The number of amides is 1. The SMILES string of the molecule is COc1ccc2[nH]c(C(=O)Nc3ccc4c(c3)N(S(C)(=O)=O)CCC4)c(C)c2c1. The topological polar surface area (TPSA) is 91.5 Å². The number of fused-ring (bicyclic) bond motifs is 2. The van der Waals surface area contributed by atoms with E-state index in [0.717, 1.165) is 40.6 Å². The number of methoxy groups -OCH3 is 1. The first-order valence-corrected chi connectivity index (χ1v) is 11.2. The Labute approximate surface area is 169 Å². The van der Waals surface area contributed by atoms with E-state index in [4.69, 9.17) is 4.74 Å². The Morgan fingerprint density at radius 1 is 1.21 bits per heavy atom. The molecule has 2 aromatic carbocycles. The number of aromatic nitrogens is 1. The van der Waals surface area contributed by atoms with E-state index < -0.39 is 10.0 Å². The molecule has 0 atom stereocenters. The van der Waals surface area contributed by atoms with Gasteiger partial charge >= 0.3 is 0 Å². The normalized spacial score (nSPS) is 14.0. The first kappa shape index (κ1) is 19.3. The number of benzene rings is 2. The summed E-state index contributed by atoms with van der Waals surface area (Å²) < 4.78 is 30.9. The quantitative estimate of drug-likeness (QED) is 0.685. The van der Waals surface area contributed by atoms with Gasteiger partial charge in [-0.1, -0.05) is 6.07 Å². The second kappa shape index (κ2) is 7.11. The van der Waals surface area contributed by atoms with Crippen LogP contribution in [-0.4, -0.2) is 39.2 Å². The van der Waals surface area contributed by atoms with Crippen molar-refractivity contribution in [1.82, 2.24) is 4.98 Å². The number of sulfonamides is 1. The lowest BCUT2D eigenvalue weighted by molar-refractivity contribution is 0.102. The maximum Gasteiger partial charge on any atom is 0.272 e. The first-order chi connectivity index (χ1) is 13.8. The molecule has 0 radical (unpaired) electrons.